The van der Waals surface area contributed by atoms with Crippen LogP contribution in [0, 0.1) is 6.92 Å². The fourth-order valence-corrected chi connectivity index (χ4v) is 4.12. The van der Waals surface area contributed by atoms with Crippen LogP contribution in [0.3, 0.4) is 0 Å². The first-order valence-electron chi connectivity index (χ1n) is 9.23. The van der Waals surface area contributed by atoms with E-state index in [1.165, 1.54) is 16.2 Å². The van der Waals surface area contributed by atoms with Crippen LogP contribution in [0.4, 0.5) is 5.69 Å². The van der Waals surface area contributed by atoms with Gasteiger partial charge < -0.3 is 10.1 Å². The molecule has 3 rings (SSSR count). The van der Waals surface area contributed by atoms with Crippen LogP contribution in [0.25, 0.3) is 0 Å². The molecule has 0 aliphatic rings. The second kappa shape index (κ2) is 9.75. The molecule has 0 aliphatic carbocycles. The quantitative estimate of drug-likeness (QED) is 0.449. The summed E-state index contributed by atoms with van der Waals surface area (Å²) in [5.41, 5.74) is 5.10. The van der Waals surface area contributed by atoms with Crippen molar-refractivity contribution in [3.05, 3.63) is 70.2 Å². The number of aromatic nitrogens is 1. The second-order valence-electron chi connectivity index (χ2n) is 6.56. The van der Waals surface area contributed by atoms with Gasteiger partial charge in [-0.1, -0.05) is 19.9 Å². The Balaban J connectivity index is 1.65. The molecule has 0 radical (unpaired) electrons. The average molecular weight is 413 g/mol. The summed E-state index contributed by atoms with van der Waals surface area (Å²) in [7, 11) is 0. The van der Waals surface area contributed by atoms with Crippen LogP contribution in [0.5, 0.6) is 5.75 Å². The third-order valence-corrected chi connectivity index (χ3v) is 6.22. The van der Waals surface area contributed by atoms with Gasteiger partial charge in [0.25, 0.3) is 5.91 Å². The first-order chi connectivity index (χ1) is 13.5. The lowest BCUT2D eigenvalue weighted by Gasteiger charge is -2.13. The highest BCUT2D eigenvalue weighted by Crippen LogP contribution is 2.28. The Labute approximate surface area is 174 Å². The SMILES string of the molecule is CCC(C)Sc1ccc(NC(=O)c2cccc(OCc3cscn3)c2)c(C)c1. The zero-order valence-corrected chi connectivity index (χ0v) is 17.9. The molecule has 1 heterocycles. The maximum Gasteiger partial charge on any atom is 0.255 e. The topological polar surface area (TPSA) is 51.2 Å². The van der Waals surface area contributed by atoms with E-state index in [-0.39, 0.29) is 5.91 Å². The fourth-order valence-electron chi connectivity index (χ4n) is 2.55. The molecule has 146 valence electrons. The van der Waals surface area contributed by atoms with Gasteiger partial charge in [0, 0.05) is 26.8 Å². The summed E-state index contributed by atoms with van der Waals surface area (Å²) < 4.78 is 5.74. The fraction of sp³-hybridized carbons (Fsp3) is 0.273. The molecule has 2 aromatic carbocycles. The Kier molecular flexibility index (Phi) is 7.12. The van der Waals surface area contributed by atoms with E-state index in [1.54, 1.807) is 17.6 Å². The molecule has 0 aliphatic heterocycles. The summed E-state index contributed by atoms with van der Waals surface area (Å²) in [4.78, 5) is 18.1. The predicted octanol–water partition coefficient (Wildman–Crippen LogP) is 6.17. The van der Waals surface area contributed by atoms with Crippen molar-refractivity contribution in [2.24, 2.45) is 0 Å². The summed E-state index contributed by atoms with van der Waals surface area (Å²) in [5.74, 6) is 0.502. The van der Waals surface area contributed by atoms with Crippen molar-refractivity contribution >= 4 is 34.7 Å². The highest BCUT2D eigenvalue weighted by Gasteiger charge is 2.10. The first kappa shape index (κ1) is 20.4. The number of nitrogens with one attached hydrogen (secondary N) is 1. The number of thioether (sulfide) groups is 1. The lowest BCUT2D eigenvalue weighted by Crippen LogP contribution is -2.13. The Bertz CT molecular complexity index is 926. The molecule has 1 unspecified atom stereocenters. The molecule has 0 fully saturated rings. The molecule has 1 amide bonds. The largest absolute Gasteiger partial charge is 0.487 e. The van der Waals surface area contributed by atoms with E-state index in [0.29, 0.717) is 23.2 Å². The number of nitrogens with zero attached hydrogens (tertiary/aromatic N) is 1. The summed E-state index contributed by atoms with van der Waals surface area (Å²) in [5, 5.41) is 5.53. The predicted molar refractivity (Wildman–Crippen MR) is 118 cm³/mol. The van der Waals surface area contributed by atoms with E-state index < -0.39 is 0 Å². The molecule has 3 aromatic rings. The van der Waals surface area contributed by atoms with Crippen LogP contribution in [-0.4, -0.2) is 16.1 Å². The summed E-state index contributed by atoms with van der Waals surface area (Å²) in [6.45, 7) is 6.82. The third-order valence-electron chi connectivity index (χ3n) is 4.32. The van der Waals surface area contributed by atoms with E-state index in [0.717, 1.165) is 23.4 Å². The van der Waals surface area contributed by atoms with Crippen LogP contribution in [0.2, 0.25) is 0 Å². The van der Waals surface area contributed by atoms with Gasteiger partial charge in [-0.3, -0.25) is 4.79 Å². The van der Waals surface area contributed by atoms with Crippen LogP contribution in [0.1, 0.15) is 41.9 Å². The van der Waals surface area contributed by atoms with Crippen molar-refractivity contribution in [1.82, 2.24) is 4.98 Å². The molecule has 0 bridgehead atoms. The Hall–Kier alpha value is -2.31. The minimum absolute atomic E-state index is 0.149. The van der Waals surface area contributed by atoms with Crippen molar-refractivity contribution < 1.29 is 9.53 Å². The number of benzene rings is 2. The van der Waals surface area contributed by atoms with Crippen molar-refractivity contribution in [3.8, 4) is 5.75 Å². The van der Waals surface area contributed by atoms with E-state index in [4.69, 9.17) is 4.74 Å². The number of aryl methyl sites for hydroxylation is 1. The number of thiazole rings is 1. The molecule has 4 nitrogen and oxygen atoms in total. The van der Waals surface area contributed by atoms with Gasteiger partial charge in [0.05, 0.1) is 11.2 Å². The average Bonchev–Trinajstić information content (AvgIpc) is 3.22. The molecular weight excluding hydrogens is 388 g/mol. The Morgan fingerprint density at radius 1 is 1.29 bits per heavy atom. The van der Waals surface area contributed by atoms with Gasteiger partial charge in [0.15, 0.2) is 0 Å². The Morgan fingerprint density at radius 3 is 2.86 bits per heavy atom. The van der Waals surface area contributed by atoms with Gasteiger partial charge in [-0.05, 0) is 55.3 Å². The molecule has 0 saturated carbocycles. The number of ether oxygens (including phenoxy) is 1. The zero-order chi connectivity index (χ0) is 19.9. The highest BCUT2D eigenvalue weighted by atomic mass is 32.2. The standard InChI is InChI=1S/C22H24N2O2S2/c1-4-16(3)28-20-8-9-21(15(2)10-20)24-22(25)17-6-5-7-19(11-17)26-12-18-13-27-14-23-18/h5-11,13-14,16H,4,12H2,1-3H3,(H,24,25). The van der Waals surface area contributed by atoms with Crippen molar-refractivity contribution in [1.29, 1.82) is 0 Å². The zero-order valence-electron chi connectivity index (χ0n) is 16.3. The molecule has 6 heteroatoms. The van der Waals surface area contributed by atoms with Gasteiger partial charge in [-0.2, -0.15) is 0 Å². The molecule has 1 atom stereocenters. The number of amides is 1. The minimum Gasteiger partial charge on any atom is -0.487 e. The lowest BCUT2D eigenvalue weighted by molar-refractivity contribution is 0.102. The second-order valence-corrected chi connectivity index (χ2v) is 8.79. The van der Waals surface area contributed by atoms with E-state index in [2.05, 4.69) is 36.3 Å². The Morgan fingerprint density at radius 2 is 2.14 bits per heavy atom. The van der Waals surface area contributed by atoms with E-state index in [9.17, 15) is 4.79 Å². The minimum atomic E-state index is -0.149. The summed E-state index contributed by atoms with van der Waals surface area (Å²) in [6.07, 6.45) is 1.13. The van der Waals surface area contributed by atoms with Crippen molar-refractivity contribution in [2.75, 3.05) is 5.32 Å². The monoisotopic (exact) mass is 412 g/mol. The highest BCUT2D eigenvalue weighted by molar-refractivity contribution is 7.99. The normalized spacial score (nSPS) is 11.8. The first-order valence-corrected chi connectivity index (χ1v) is 11.1. The van der Waals surface area contributed by atoms with Gasteiger partial charge in [0.1, 0.15) is 12.4 Å². The van der Waals surface area contributed by atoms with Gasteiger partial charge in [-0.25, -0.2) is 4.98 Å². The smallest absolute Gasteiger partial charge is 0.255 e. The number of anilines is 1. The number of carbonyl (C=O) groups excluding carboxylic acids is 1. The molecule has 1 aromatic heterocycles. The number of hydrogen-bond acceptors (Lipinski definition) is 5. The van der Waals surface area contributed by atoms with Crippen LogP contribution in [0.15, 0.2) is 58.3 Å². The maximum absolute atomic E-state index is 12.7. The molecule has 0 spiro atoms. The van der Waals surface area contributed by atoms with Crippen LogP contribution in [-0.2, 0) is 6.61 Å². The van der Waals surface area contributed by atoms with Crippen molar-refractivity contribution in [2.45, 2.75) is 43.9 Å². The number of carbonyl (C=O) groups is 1. The molecule has 0 saturated heterocycles. The van der Waals surface area contributed by atoms with Gasteiger partial charge in [-0.15, -0.1) is 23.1 Å². The maximum atomic E-state index is 12.7. The molecule has 1 N–H and O–H groups in total. The summed E-state index contributed by atoms with van der Waals surface area (Å²) >= 11 is 3.39. The third kappa shape index (κ3) is 5.59. The van der Waals surface area contributed by atoms with E-state index >= 15 is 0 Å². The number of rotatable bonds is 8. The van der Waals surface area contributed by atoms with Gasteiger partial charge in [0.2, 0.25) is 0 Å². The van der Waals surface area contributed by atoms with Crippen molar-refractivity contribution in [3.63, 3.8) is 0 Å². The van der Waals surface area contributed by atoms with Gasteiger partial charge >= 0.3 is 0 Å². The molecule has 28 heavy (non-hydrogen) atoms. The molecular formula is C22H24N2O2S2. The summed E-state index contributed by atoms with van der Waals surface area (Å²) in [6, 6.07) is 13.4. The number of hydrogen-bond donors (Lipinski definition) is 1. The lowest BCUT2D eigenvalue weighted by atomic mass is 10.1. The van der Waals surface area contributed by atoms with Crippen LogP contribution < -0.4 is 10.1 Å². The van der Waals surface area contributed by atoms with E-state index in [1.807, 2.05) is 42.3 Å². The van der Waals surface area contributed by atoms with Crippen LogP contribution >= 0.6 is 23.1 Å².